The molecule has 0 atom stereocenters. The van der Waals surface area contributed by atoms with E-state index < -0.39 is 0 Å². The molecule has 21 heavy (non-hydrogen) atoms. The molecule has 4 heteroatoms. The van der Waals surface area contributed by atoms with E-state index in [0.29, 0.717) is 11.5 Å². The van der Waals surface area contributed by atoms with Gasteiger partial charge in [-0.25, -0.2) is 0 Å². The molecule has 0 saturated heterocycles. The molecule has 116 valence electrons. The highest BCUT2D eigenvalue weighted by Gasteiger charge is 2.44. The Morgan fingerprint density at radius 2 is 1.86 bits per heavy atom. The second kappa shape index (κ2) is 7.47. The van der Waals surface area contributed by atoms with Crippen molar-refractivity contribution < 1.29 is 0 Å². The van der Waals surface area contributed by atoms with Gasteiger partial charge < -0.3 is 10.6 Å². The molecule has 0 spiro atoms. The smallest absolute Gasteiger partial charge is 0.191 e. The molecule has 0 aromatic heterocycles. The van der Waals surface area contributed by atoms with E-state index in [2.05, 4.69) is 46.0 Å². The lowest BCUT2D eigenvalue weighted by molar-refractivity contribution is 0.594. The highest BCUT2D eigenvalue weighted by Crippen LogP contribution is 2.47. The Balaban J connectivity index is 0.00000161. The maximum Gasteiger partial charge on any atom is 0.191 e. The van der Waals surface area contributed by atoms with Gasteiger partial charge in [-0.05, 0) is 31.2 Å². The largest absolute Gasteiger partial charge is 0.356 e. The van der Waals surface area contributed by atoms with Crippen LogP contribution in [0, 0.1) is 0 Å². The van der Waals surface area contributed by atoms with Crippen molar-refractivity contribution in [1.82, 2.24) is 10.6 Å². The number of aliphatic imine (C=N–C) groups is 1. The first kappa shape index (κ1) is 16.6. The van der Waals surface area contributed by atoms with Gasteiger partial charge in [-0.15, -0.1) is 24.0 Å². The molecule has 0 heterocycles. The van der Waals surface area contributed by atoms with Crippen LogP contribution in [0.3, 0.4) is 0 Å². The minimum atomic E-state index is 0. The van der Waals surface area contributed by atoms with Crippen molar-refractivity contribution in [2.45, 2.75) is 50.0 Å². The lowest BCUT2D eigenvalue weighted by Gasteiger charge is -2.21. The van der Waals surface area contributed by atoms with Gasteiger partial charge in [-0.3, -0.25) is 4.99 Å². The van der Waals surface area contributed by atoms with Crippen LogP contribution in [-0.2, 0) is 5.41 Å². The monoisotopic (exact) mass is 399 g/mol. The molecule has 0 aliphatic heterocycles. The van der Waals surface area contributed by atoms with E-state index in [1.807, 2.05) is 7.05 Å². The zero-order valence-electron chi connectivity index (χ0n) is 12.8. The fraction of sp³-hybridized carbons (Fsp3) is 0.588. The Hall–Kier alpha value is -0.780. The standard InChI is InChI=1S/C17H25N3.HI/c1-18-16(20-15-9-5-6-10-15)19-13-17(11-12-17)14-7-3-2-4-8-14;/h2-4,7-8,15H,5-6,9-13H2,1H3,(H2,18,19,20);1H. The number of halogens is 1. The quantitative estimate of drug-likeness (QED) is 0.462. The summed E-state index contributed by atoms with van der Waals surface area (Å²) in [5.74, 6) is 0.971. The molecule has 0 bridgehead atoms. The van der Waals surface area contributed by atoms with Crippen LogP contribution >= 0.6 is 24.0 Å². The third-order valence-corrected chi connectivity index (χ3v) is 4.75. The predicted molar refractivity (Wildman–Crippen MR) is 99.5 cm³/mol. The Morgan fingerprint density at radius 3 is 2.43 bits per heavy atom. The number of nitrogens with zero attached hydrogens (tertiary/aromatic N) is 1. The summed E-state index contributed by atoms with van der Waals surface area (Å²) in [6, 6.07) is 11.5. The highest BCUT2D eigenvalue weighted by atomic mass is 127. The van der Waals surface area contributed by atoms with Crippen LogP contribution in [-0.4, -0.2) is 25.6 Å². The van der Waals surface area contributed by atoms with E-state index in [-0.39, 0.29) is 24.0 Å². The van der Waals surface area contributed by atoms with E-state index in [1.165, 1.54) is 44.1 Å². The molecule has 0 unspecified atom stereocenters. The molecule has 2 saturated carbocycles. The van der Waals surface area contributed by atoms with Crippen LogP contribution in [0.5, 0.6) is 0 Å². The third-order valence-electron chi connectivity index (χ3n) is 4.75. The third kappa shape index (κ3) is 4.11. The van der Waals surface area contributed by atoms with Gasteiger partial charge in [-0.1, -0.05) is 43.2 Å². The fourth-order valence-corrected chi connectivity index (χ4v) is 3.22. The van der Waals surface area contributed by atoms with Gasteiger partial charge in [0.1, 0.15) is 0 Å². The Labute approximate surface area is 145 Å². The SMILES string of the molecule is CN=C(NCC1(c2ccccc2)CC1)NC1CCCC1.I. The second-order valence-electron chi connectivity index (χ2n) is 6.20. The number of nitrogens with one attached hydrogen (secondary N) is 2. The predicted octanol–water partition coefficient (Wildman–Crippen LogP) is 3.44. The van der Waals surface area contributed by atoms with Crippen molar-refractivity contribution in [3.8, 4) is 0 Å². The van der Waals surface area contributed by atoms with E-state index in [4.69, 9.17) is 0 Å². The number of benzene rings is 1. The minimum Gasteiger partial charge on any atom is -0.356 e. The Kier molecular flexibility index (Phi) is 5.90. The summed E-state index contributed by atoms with van der Waals surface area (Å²) in [4.78, 5) is 4.37. The van der Waals surface area contributed by atoms with Crippen LogP contribution in [0.1, 0.15) is 44.1 Å². The summed E-state index contributed by atoms with van der Waals surface area (Å²) in [6.07, 6.45) is 7.83. The first-order valence-electron chi connectivity index (χ1n) is 7.85. The number of hydrogen-bond acceptors (Lipinski definition) is 1. The maximum absolute atomic E-state index is 4.37. The summed E-state index contributed by atoms with van der Waals surface area (Å²) in [6.45, 7) is 0.989. The van der Waals surface area contributed by atoms with Crippen molar-refractivity contribution in [2.75, 3.05) is 13.6 Å². The molecule has 1 aromatic carbocycles. The van der Waals surface area contributed by atoms with Gasteiger partial charge >= 0.3 is 0 Å². The van der Waals surface area contributed by atoms with Gasteiger partial charge in [0, 0.05) is 25.0 Å². The average Bonchev–Trinajstić information content (AvgIpc) is 3.12. The van der Waals surface area contributed by atoms with Crippen LogP contribution < -0.4 is 10.6 Å². The zero-order valence-corrected chi connectivity index (χ0v) is 15.1. The topological polar surface area (TPSA) is 36.4 Å². The minimum absolute atomic E-state index is 0. The van der Waals surface area contributed by atoms with Crippen molar-refractivity contribution in [3.63, 3.8) is 0 Å². The van der Waals surface area contributed by atoms with Gasteiger partial charge in [0.2, 0.25) is 0 Å². The Bertz CT molecular complexity index is 462. The van der Waals surface area contributed by atoms with E-state index in [9.17, 15) is 0 Å². The molecule has 0 amide bonds. The first-order valence-corrected chi connectivity index (χ1v) is 7.85. The van der Waals surface area contributed by atoms with Crippen molar-refractivity contribution >= 4 is 29.9 Å². The summed E-state index contributed by atoms with van der Waals surface area (Å²) in [5.41, 5.74) is 1.80. The molecular formula is C17H26IN3. The molecule has 3 nitrogen and oxygen atoms in total. The maximum atomic E-state index is 4.37. The molecule has 2 aliphatic carbocycles. The van der Waals surface area contributed by atoms with Gasteiger partial charge in [-0.2, -0.15) is 0 Å². The Morgan fingerprint density at radius 1 is 1.19 bits per heavy atom. The average molecular weight is 399 g/mol. The number of hydrogen-bond donors (Lipinski definition) is 2. The first-order chi connectivity index (χ1) is 9.82. The van der Waals surface area contributed by atoms with Crippen molar-refractivity contribution in [3.05, 3.63) is 35.9 Å². The highest BCUT2D eigenvalue weighted by molar-refractivity contribution is 14.0. The fourth-order valence-electron chi connectivity index (χ4n) is 3.22. The van der Waals surface area contributed by atoms with Crippen molar-refractivity contribution in [2.24, 2.45) is 4.99 Å². The van der Waals surface area contributed by atoms with Crippen LogP contribution in [0.15, 0.2) is 35.3 Å². The summed E-state index contributed by atoms with van der Waals surface area (Å²) < 4.78 is 0. The number of guanidine groups is 1. The molecule has 2 aliphatic rings. The van der Waals surface area contributed by atoms with E-state index in [0.717, 1.165) is 12.5 Å². The zero-order chi connectivity index (χ0) is 13.8. The van der Waals surface area contributed by atoms with Crippen LogP contribution in [0.4, 0.5) is 0 Å². The normalized spacial score (nSPS) is 20.7. The van der Waals surface area contributed by atoms with Crippen LogP contribution in [0.25, 0.3) is 0 Å². The van der Waals surface area contributed by atoms with Crippen LogP contribution in [0.2, 0.25) is 0 Å². The molecule has 1 aromatic rings. The van der Waals surface area contributed by atoms with Gasteiger partial charge in [0.05, 0.1) is 0 Å². The molecular weight excluding hydrogens is 373 g/mol. The van der Waals surface area contributed by atoms with Crippen molar-refractivity contribution in [1.29, 1.82) is 0 Å². The van der Waals surface area contributed by atoms with E-state index in [1.54, 1.807) is 0 Å². The molecule has 2 fully saturated rings. The van der Waals surface area contributed by atoms with Gasteiger partial charge in [0.25, 0.3) is 0 Å². The lowest BCUT2D eigenvalue weighted by atomic mass is 9.96. The molecule has 3 rings (SSSR count). The summed E-state index contributed by atoms with van der Waals surface area (Å²) in [5, 5.41) is 7.09. The van der Waals surface area contributed by atoms with Gasteiger partial charge in [0.15, 0.2) is 5.96 Å². The lowest BCUT2D eigenvalue weighted by Crippen LogP contribution is -2.44. The second-order valence-corrected chi connectivity index (χ2v) is 6.20. The molecule has 2 N–H and O–H groups in total. The number of rotatable bonds is 4. The summed E-state index contributed by atoms with van der Waals surface area (Å²) in [7, 11) is 1.87. The summed E-state index contributed by atoms with van der Waals surface area (Å²) >= 11 is 0. The van der Waals surface area contributed by atoms with E-state index >= 15 is 0 Å². The molecule has 0 radical (unpaired) electrons.